The van der Waals surface area contributed by atoms with Crippen LogP contribution < -0.4 is 20.1 Å². The van der Waals surface area contributed by atoms with Crippen LogP contribution in [0.5, 0.6) is 17.2 Å². The van der Waals surface area contributed by atoms with Crippen LogP contribution >= 0.6 is 0 Å². The summed E-state index contributed by atoms with van der Waals surface area (Å²) in [6, 6.07) is 24.0. The van der Waals surface area contributed by atoms with Crippen molar-refractivity contribution in [3.63, 3.8) is 0 Å². The number of alkyl carbamates (subject to hydrolysis) is 1. The summed E-state index contributed by atoms with van der Waals surface area (Å²) in [6.45, 7) is 1.72. The number of amidine groups is 1. The minimum atomic E-state index is -1.55. The monoisotopic (exact) mass is 603 g/mol. The van der Waals surface area contributed by atoms with Gasteiger partial charge >= 0.3 is 6.09 Å². The van der Waals surface area contributed by atoms with E-state index in [1.807, 2.05) is 30.3 Å². The number of nitrogens with one attached hydrogen (secondary N) is 3. The molecule has 44 heavy (non-hydrogen) atoms. The molecule has 0 bridgehead atoms. The zero-order valence-corrected chi connectivity index (χ0v) is 24.1. The van der Waals surface area contributed by atoms with Crippen LogP contribution in [0.15, 0.2) is 91.0 Å². The Morgan fingerprint density at radius 2 is 1.48 bits per heavy atom. The zero-order valence-electron chi connectivity index (χ0n) is 24.1. The van der Waals surface area contributed by atoms with Crippen molar-refractivity contribution in [1.82, 2.24) is 10.6 Å². The Hall–Kier alpha value is -5.29. The number of halogens is 2. The quantitative estimate of drug-likeness (QED) is 0.127. The van der Waals surface area contributed by atoms with E-state index in [1.54, 1.807) is 55.5 Å². The summed E-state index contributed by atoms with van der Waals surface area (Å²) in [7, 11) is 1.52. The molecule has 1 unspecified atom stereocenters. The van der Waals surface area contributed by atoms with E-state index in [0.29, 0.717) is 22.6 Å². The molecule has 4 aromatic carbocycles. The van der Waals surface area contributed by atoms with Gasteiger partial charge in [-0.3, -0.25) is 15.5 Å². The molecule has 0 aromatic heterocycles. The van der Waals surface area contributed by atoms with Gasteiger partial charge in [0.1, 0.15) is 41.3 Å². The summed E-state index contributed by atoms with van der Waals surface area (Å²) >= 11 is 0. The lowest BCUT2D eigenvalue weighted by Crippen LogP contribution is -2.32. The number of methoxy groups -OCH3 is 1. The number of carbonyl (C=O) groups excluding carboxylic acids is 2. The van der Waals surface area contributed by atoms with Crippen molar-refractivity contribution in [2.45, 2.75) is 26.2 Å². The summed E-state index contributed by atoms with van der Waals surface area (Å²) in [5.41, 5.74) is 1.32. The minimum absolute atomic E-state index is 0.0183. The molecule has 11 heteroatoms. The van der Waals surface area contributed by atoms with Crippen LogP contribution in [0.3, 0.4) is 0 Å². The number of amides is 2. The second kappa shape index (κ2) is 15.3. The van der Waals surface area contributed by atoms with Gasteiger partial charge in [-0.25, -0.2) is 13.6 Å². The number of hydrogen-bond acceptors (Lipinski definition) is 7. The smallest absolute Gasteiger partial charge is 0.413 e. The highest BCUT2D eigenvalue weighted by Gasteiger charge is 2.28. The molecule has 3 N–H and O–H groups in total. The topological polar surface area (TPSA) is 119 Å². The number of benzene rings is 4. The molecule has 0 saturated heterocycles. The van der Waals surface area contributed by atoms with Crippen LogP contribution in [0.2, 0.25) is 0 Å². The van der Waals surface area contributed by atoms with Crippen molar-refractivity contribution in [2.24, 2.45) is 0 Å². The van der Waals surface area contributed by atoms with Crippen molar-refractivity contribution in [1.29, 1.82) is 5.41 Å². The molecule has 4 aromatic rings. The Balaban J connectivity index is 1.34. The van der Waals surface area contributed by atoms with Gasteiger partial charge in [-0.15, -0.1) is 0 Å². The average molecular weight is 604 g/mol. The van der Waals surface area contributed by atoms with E-state index in [9.17, 15) is 9.59 Å². The lowest BCUT2D eigenvalue weighted by molar-refractivity contribution is -0.133. The second-order valence-electron chi connectivity index (χ2n) is 9.39. The van der Waals surface area contributed by atoms with Gasteiger partial charge in [0, 0.05) is 30.8 Å². The van der Waals surface area contributed by atoms with Crippen LogP contribution in [0, 0.1) is 17.0 Å². The van der Waals surface area contributed by atoms with Crippen molar-refractivity contribution < 1.29 is 37.3 Å². The van der Waals surface area contributed by atoms with E-state index in [-0.39, 0.29) is 31.3 Å². The SMILES string of the molecule is CCOC(C(=O)NCc1ccc(C(=N)NC(=O)OCc2ccccc2)cc1)c1c(F)cc(Oc2ccc(OC)cc2)cc1F. The van der Waals surface area contributed by atoms with Gasteiger partial charge < -0.3 is 24.3 Å². The molecule has 0 spiro atoms. The number of hydrogen-bond donors (Lipinski definition) is 3. The van der Waals surface area contributed by atoms with Crippen molar-refractivity contribution in [3.8, 4) is 17.2 Å². The van der Waals surface area contributed by atoms with Gasteiger partial charge in [0.2, 0.25) is 0 Å². The molecule has 2 amide bonds. The molecule has 228 valence electrons. The summed E-state index contributed by atoms with van der Waals surface area (Å²) in [4.78, 5) is 25.1. The highest BCUT2D eigenvalue weighted by atomic mass is 19.1. The maximum absolute atomic E-state index is 15.1. The van der Waals surface area contributed by atoms with Crippen molar-refractivity contribution in [3.05, 3.63) is 125 Å². The van der Waals surface area contributed by atoms with E-state index in [1.165, 1.54) is 7.11 Å². The summed E-state index contributed by atoms with van der Waals surface area (Å²) in [5, 5.41) is 13.1. The lowest BCUT2D eigenvalue weighted by Gasteiger charge is -2.19. The van der Waals surface area contributed by atoms with Gasteiger partial charge in [0.25, 0.3) is 5.91 Å². The number of carbonyl (C=O) groups is 2. The van der Waals surface area contributed by atoms with E-state index < -0.39 is 35.3 Å². The summed E-state index contributed by atoms with van der Waals surface area (Å²) in [6.07, 6.45) is -2.31. The molecule has 0 radical (unpaired) electrons. The second-order valence-corrected chi connectivity index (χ2v) is 9.39. The van der Waals surface area contributed by atoms with E-state index >= 15 is 8.78 Å². The molecule has 0 aliphatic heterocycles. The first kappa shape index (κ1) is 31.6. The Labute approximate surface area is 253 Å². The van der Waals surface area contributed by atoms with Gasteiger partial charge in [-0.1, -0.05) is 54.6 Å². The highest BCUT2D eigenvalue weighted by Crippen LogP contribution is 2.31. The maximum atomic E-state index is 15.1. The predicted molar refractivity (Wildman–Crippen MR) is 159 cm³/mol. The Morgan fingerprint density at radius 3 is 2.09 bits per heavy atom. The van der Waals surface area contributed by atoms with Crippen LogP contribution in [-0.2, 0) is 27.4 Å². The van der Waals surface area contributed by atoms with Crippen molar-refractivity contribution >= 4 is 17.8 Å². The van der Waals surface area contributed by atoms with E-state index in [4.69, 9.17) is 24.4 Å². The normalized spacial score (nSPS) is 11.3. The molecule has 0 saturated carbocycles. The molecule has 0 fully saturated rings. The molecule has 1 atom stereocenters. The Morgan fingerprint density at radius 1 is 0.841 bits per heavy atom. The first-order valence-corrected chi connectivity index (χ1v) is 13.6. The molecule has 0 aliphatic rings. The number of ether oxygens (including phenoxy) is 4. The maximum Gasteiger partial charge on any atom is 0.413 e. The number of rotatable bonds is 12. The van der Waals surface area contributed by atoms with Crippen molar-refractivity contribution in [2.75, 3.05) is 13.7 Å². The van der Waals surface area contributed by atoms with Gasteiger partial charge in [0.05, 0.1) is 12.7 Å². The molecule has 0 heterocycles. The molecule has 4 rings (SSSR count). The molecular weight excluding hydrogens is 572 g/mol. The lowest BCUT2D eigenvalue weighted by atomic mass is 10.1. The van der Waals surface area contributed by atoms with Gasteiger partial charge in [0.15, 0.2) is 6.10 Å². The molecule has 9 nitrogen and oxygen atoms in total. The van der Waals surface area contributed by atoms with E-state index in [0.717, 1.165) is 17.7 Å². The highest BCUT2D eigenvalue weighted by molar-refractivity contribution is 6.04. The fraction of sp³-hybridized carbons (Fsp3) is 0.182. The molecule has 0 aliphatic carbocycles. The van der Waals surface area contributed by atoms with Gasteiger partial charge in [-0.05, 0) is 42.3 Å². The predicted octanol–water partition coefficient (Wildman–Crippen LogP) is 6.41. The largest absolute Gasteiger partial charge is 0.497 e. The fourth-order valence-corrected chi connectivity index (χ4v) is 4.11. The first-order valence-electron chi connectivity index (χ1n) is 13.6. The third kappa shape index (κ3) is 8.62. The van der Waals surface area contributed by atoms with Crippen LogP contribution in [0.4, 0.5) is 13.6 Å². The summed E-state index contributed by atoms with van der Waals surface area (Å²) in [5.74, 6) is -2.06. The third-order valence-corrected chi connectivity index (χ3v) is 6.33. The Kier molecular flexibility index (Phi) is 11.0. The molecular formula is C33H31F2N3O6. The van der Waals surface area contributed by atoms with Gasteiger partial charge in [-0.2, -0.15) is 0 Å². The zero-order chi connectivity index (χ0) is 31.5. The Bertz CT molecular complexity index is 1560. The first-order chi connectivity index (χ1) is 21.3. The van der Waals surface area contributed by atoms with Crippen LogP contribution in [0.25, 0.3) is 0 Å². The standard InChI is InChI=1S/C33H31F2N3O6/c1-3-42-30(29-27(34)17-26(18-28(29)35)44-25-15-13-24(41-2)14-16-25)32(39)37-19-21-9-11-23(12-10-21)31(36)38-33(40)43-20-22-7-5-4-6-8-22/h4-18,30H,3,19-20H2,1-2H3,(H,37,39)(H2,36,38,40). The van der Waals surface area contributed by atoms with E-state index in [2.05, 4.69) is 10.6 Å². The van der Waals surface area contributed by atoms with Crippen LogP contribution in [0.1, 0.15) is 35.3 Å². The van der Waals surface area contributed by atoms with Crippen LogP contribution in [-0.4, -0.2) is 31.6 Å². The average Bonchev–Trinajstić information content (AvgIpc) is 3.03. The third-order valence-electron chi connectivity index (χ3n) is 6.33. The fourth-order valence-electron chi connectivity index (χ4n) is 4.11. The minimum Gasteiger partial charge on any atom is -0.497 e. The summed E-state index contributed by atoms with van der Waals surface area (Å²) < 4.78 is 51.4.